The van der Waals surface area contributed by atoms with E-state index in [1.807, 2.05) is 31.2 Å². The molecule has 2 amide bonds. The highest BCUT2D eigenvalue weighted by atomic mass is 35.5. The van der Waals surface area contributed by atoms with Gasteiger partial charge in [0.2, 0.25) is 5.89 Å². The summed E-state index contributed by atoms with van der Waals surface area (Å²) in [5, 5.41) is 3.58. The summed E-state index contributed by atoms with van der Waals surface area (Å²) in [5.74, 6) is 2.58. The Labute approximate surface area is 198 Å². The van der Waals surface area contributed by atoms with Crippen LogP contribution in [-0.2, 0) is 6.54 Å². The molecule has 0 unspecified atom stereocenters. The molecule has 1 aromatic heterocycles. The maximum atomic E-state index is 12.8. The molecule has 8 nitrogen and oxygen atoms in total. The van der Waals surface area contributed by atoms with Crippen molar-refractivity contribution in [2.75, 3.05) is 45.7 Å². The van der Waals surface area contributed by atoms with E-state index >= 15 is 0 Å². The monoisotopic (exact) mass is 470 g/mol. The van der Waals surface area contributed by atoms with Gasteiger partial charge in [-0.15, -0.1) is 0 Å². The van der Waals surface area contributed by atoms with Crippen molar-refractivity contribution >= 4 is 23.3 Å². The summed E-state index contributed by atoms with van der Waals surface area (Å²) in [6.45, 7) is 5.27. The number of urea groups is 1. The molecule has 0 spiro atoms. The minimum Gasteiger partial charge on any atom is -0.497 e. The van der Waals surface area contributed by atoms with E-state index in [2.05, 4.69) is 15.2 Å². The van der Waals surface area contributed by atoms with Crippen LogP contribution >= 0.6 is 11.6 Å². The Kier molecular flexibility index (Phi) is 7.05. The SMILES string of the molecule is COc1ccc(OC)c(NC(=O)N2CCN(Cc3nc(-c4cccc(Cl)c4)oc3C)CC2)c1. The summed E-state index contributed by atoms with van der Waals surface area (Å²) in [6.07, 6.45) is 0. The highest BCUT2D eigenvalue weighted by molar-refractivity contribution is 6.30. The third-order valence-corrected chi connectivity index (χ3v) is 5.88. The lowest BCUT2D eigenvalue weighted by molar-refractivity contribution is 0.141. The molecule has 4 rings (SSSR count). The van der Waals surface area contributed by atoms with E-state index < -0.39 is 0 Å². The van der Waals surface area contributed by atoms with Gasteiger partial charge in [-0.2, -0.15) is 0 Å². The van der Waals surface area contributed by atoms with Gasteiger partial charge >= 0.3 is 6.03 Å². The van der Waals surface area contributed by atoms with Gasteiger partial charge in [0.25, 0.3) is 0 Å². The second-order valence-corrected chi connectivity index (χ2v) is 8.23. The van der Waals surface area contributed by atoms with E-state index in [-0.39, 0.29) is 6.03 Å². The zero-order chi connectivity index (χ0) is 23.4. The maximum absolute atomic E-state index is 12.8. The number of methoxy groups -OCH3 is 2. The summed E-state index contributed by atoms with van der Waals surface area (Å²) in [6, 6.07) is 12.6. The molecule has 33 heavy (non-hydrogen) atoms. The van der Waals surface area contributed by atoms with Crippen LogP contribution in [0.3, 0.4) is 0 Å². The summed E-state index contributed by atoms with van der Waals surface area (Å²) >= 11 is 6.09. The molecule has 1 N–H and O–H groups in total. The molecule has 1 aliphatic heterocycles. The van der Waals surface area contributed by atoms with Crippen molar-refractivity contribution in [3.63, 3.8) is 0 Å². The van der Waals surface area contributed by atoms with Gasteiger partial charge in [-0.3, -0.25) is 4.90 Å². The first-order valence-electron chi connectivity index (χ1n) is 10.7. The number of anilines is 1. The van der Waals surface area contributed by atoms with Gasteiger partial charge < -0.3 is 24.1 Å². The molecule has 0 atom stereocenters. The average molecular weight is 471 g/mol. The highest BCUT2D eigenvalue weighted by Gasteiger charge is 2.24. The largest absolute Gasteiger partial charge is 0.497 e. The summed E-state index contributed by atoms with van der Waals surface area (Å²) in [7, 11) is 3.15. The second kappa shape index (κ2) is 10.1. The molecule has 0 bridgehead atoms. The minimum atomic E-state index is -0.165. The van der Waals surface area contributed by atoms with Crippen LogP contribution in [-0.4, -0.2) is 61.2 Å². The first-order valence-corrected chi connectivity index (χ1v) is 11.1. The fourth-order valence-electron chi connectivity index (χ4n) is 3.75. The lowest BCUT2D eigenvalue weighted by Gasteiger charge is -2.34. The lowest BCUT2D eigenvalue weighted by Crippen LogP contribution is -2.49. The Bertz CT molecular complexity index is 1130. The predicted octanol–water partition coefficient (Wildman–Crippen LogP) is 4.67. The van der Waals surface area contributed by atoms with Gasteiger partial charge in [0.05, 0.1) is 25.6 Å². The van der Waals surface area contributed by atoms with Crippen molar-refractivity contribution in [3.8, 4) is 23.0 Å². The molecule has 174 valence electrons. The Balaban J connectivity index is 1.35. The lowest BCUT2D eigenvalue weighted by atomic mass is 10.2. The third kappa shape index (κ3) is 5.40. The number of oxazole rings is 1. The van der Waals surface area contributed by atoms with Crippen molar-refractivity contribution < 1.29 is 18.7 Å². The average Bonchev–Trinajstić information content (AvgIpc) is 3.19. The Morgan fingerprint density at radius 3 is 2.61 bits per heavy atom. The molecule has 2 aromatic carbocycles. The molecular weight excluding hydrogens is 444 g/mol. The number of hydrogen-bond acceptors (Lipinski definition) is 6. The standard InChI is InChI=1S/C24H27ClN4O4/c1-16-21(26-23(33-16)17-5-4-6-18(25)13-17)15-28-9-11-29(12-10-28)24(30)27-20-14-19(31-2)7-8-22(20)32-3/h4-8,13-14H,9-12,15H2,1-3H3,(H,27,30). The number of rotatable bonds is 6. The van der Waals surface area contributed by atoms with E-state index in [1.54, 1.807) is 37.3 Å². The molecule has 0 saturated carbocycles. The van der Waals surface area contributed by atoms with Crippen LogP contribution in [0.2, 0.25) is 5.02 Å². The number of piperazine rings is 1. The summed E-state index contributed by atoms with van der Waals surface area (Å²) < 4.78 is 16.5. The normalized spacial score (nSPS) is 14.2. The van der Waals surface area contributed by atoms with Gasteiger partial charge in [-0.25, -0.2) is 9.78 Å². The molecule has 1 fully saturated rings. The number of carbonyl (C=O) groups is 1. The van der Waals surface area contributed by atoms with E-state index in [1.165, 1.54) is 0 Å². The van der Waals surface area contributed by atoms with E-state index in [4.69, 9.17) is 25.5 Å². The van der Waals surface area contributed by atoms with Crippen molar-refractivity contribution in [2.24, 2.45) is 0 Å². The molecular formula is C24H27ClN4O4. The highest BCUT2D eigenvalue weighted by Crippen LogP contribution is 2.29. The second-order valence-electron chi connectivity index (χ2n) is 7.79. The number of amides is 2. The van der Waals surface area contributed by atoms with Crippen LogP contribution in [0, 0.1) is 6.92 Å². The fourth-order valence-corrected chi connectivity index (χ4v) is 3.94. The molecule has 0 radical (unpaired) electrons. The van der Waals surface area contributed by atoms with Gasteiger partial charge in [-0.05, 0) is 37.3 Å². The number of aryl methyl sites for hydroxylation is 1. The van der Waals surface area contributed by atoms with Crippen LogP contribution in [0.1, 0.15) is 11.5 Å². The predicted molar refractivity (Wildman–Crippen MR) is 127 cm³/mol. The maximum Gasteiger partial charge on any atom is 0.322 e. The quantitative estimate of drug-likeness (QED) is 0.564. The topological polar surface area (TPSA) is 80.1 Å². The number of nitrogens with one attached hydrogen (secondary N) is 1. The molecule has 0 aliphatic carbocycles. The van der Waals surface area contributed by atoms with E-state index in [0.717, 1.165) is 30.1 Å². The molecule has 1 saturated heterocycles. The summed E-state index contributed by atoms with van der Waals surface area (Å²) in [5.41, 5.74) is 2.33. The number of nitrogens with zero attached hydrogens (tertiary/aromatic N) is 3. The first kappa shape index (κ1) is 22.9. The van der Waals surface area contributed by atoms with Gasteiger partial charge in [0.15, 0.2) is 0 Å². The summed E-state index contributed by atoms with van der Waals surface area (Å²) in [4.78, 5) is 21.5. The molecule has 3 aromatic rings. The Hall–Kier alpha value is -3.23. The van der Waals surface area contributed by atoms with Crippen LogP contribution in [0.5, 0.6) is 11.5 Å². The van der Waals surface area contributed by atoms with Gasteiger partial charge in [0, 0.05) is 49.4 Å². The van der Waals surface area contributed by atoms with Crippen LogP contribution < -0.4 is 14.8 Å². The first-order chi connectivity index (χ1) is 16.0. The van der Waals surface area contributed by atoms with Crippen LogP contribution in [0.4, 0.5) is 10.5 Å². The van der Waals surface area contributed by atoms with Gasteiger partial charge in [0.1, 0.15) is 17.3 Å². The Morgan fingerprint density at radius 1 is 1.12 bits per heavy atom. The van der Waals surface area contributed by atoms with Gasteiger partial charge in [-0.1, -0.05) is 17.7 Å². The van der Waals surface area contributed by atoms with Crippen LogP contribution in [0.25, 0.3) is 11.5 Å². The number of aromatic nitrogens is 1. The Morgan fingerprint density at radius 2 is 1.91 bits per heavy atom. The van der Waals surface area contributed by atoms with Crippen LogP contribution in [0.15, 0.2) is 46.9 Å². The zero-order valence-electron chi connectivity index (χ0n) is 18.9. The van der Waals surface area contributed by atoms with Crippen molar-refractivity contribution in [2.45, 2.75) is 13.5 Å². The molecule has 1 aliphatic rings. The van der Waals surface area contributed by atoms with Crippen molar-refractivity contribution in [3.05, 3.63) is 58.9 Å². The zero-order valence-corrected chi connectivity index (χ0v) is 19.7. The van der Waals surface area contributed by atoms with Crippen molar-refractivity contribution in [1.82, 2.24) is 14.8 Å². The van der Waals surface area contributed by atoms with E-state index in [0.29, 0.717) is 47.7 Å². The molecule has 2 heterocycles. The van der Waals surface area contributed by atoms with E-state index in [9.17, 15) is 4.79 Å². The smallest absolute Gasteiger partial charge is 0.322 e. The van der Waals surface area contributed by atoms with Crippen molar-refractivity contribution in [1.29, 1.82) is 0 Å². The molecule has 9 heteroatoms. The number of carbonyl (C=O) groups excluding carboxylic acids is 1. The number of ether oxygens (including phenoxy) is 2. The number of benzene rings is 2. The minimum absolute atomic E-state index is 0.165. The number of hydrogen-bond donors (Lipinski definition) is 1. The third-order valence-electron chi connectivity index (χ3n) is 5.65. The fraction of sp³-hybridized carbons (Fsp3) is 0.333. The number of halogens is 1.